The zero-order chi connectivity index (χ0) is 8.20. The van der Waals surface area contributed by atoms with Gasteiger partial charge in [-0.25, -0.2) is 0 Å². The summed E-state index contributed by atoms with van der Waals surface area (Å²) in [5.41, 5.74) is 0. The normalized spacial score (nSPS) is 11.7. The Morgan fingerprint density at radius 3 is 1.30 bits per heavy atom. The first-order valence-corrected chi connectivity index (χ1v) is 3.99. The molecule has 0 rings (SSSR count). The van der Waals surface area contributed by atoms with Crippen molar-refractivity contribution < 1.29 is 10.0 Å². The van der Waals surface area contributed by atoms with E-state index in [0.29, 0.717) is 0 Å². The molecule has 10 heavy (non-hydrogen) atoms. The van der Waals surface area contributed by atoms with Crippen molar-refractivity contribution in [2.75, 3.05) is 0 Å². The van der Waals surface area contributed by atoms with Crippen LogP contribution in [-0.4, -0.2) is 17.2 Å². The summed E-state index contributed by atoms with van der Waals surface area (Å²) in [6.07, 6.45) is 2.49. The molecule has 0 amide bonds. The summed E-state index contributed by atoms with van der Waals surface area (Å²) in [5.74, 6) is 0. The second-order valence-corrected chi connectivity index (χ2v) is 2.80. The Bertz CT molecular complexity index is 81.3. The van der Waals surface area contributed by atoms with E-state index in [1.54, 1.807) is 0 Å². The highest BCUT2D eigenvalue weighted by atomic mass is 16.4. The average molecular weight is 144 g/mol. The topological polar surface area (TPSA) is 40.5 Å². The first-order valence-electron chi connectivity index (χ1n) is 3.99. The highest BCUT2D eigenvalue weighted by Gasteiger charge is 2.36. The van der Waals surface area contributed by atoms with Crippen molar-refractivity contribution in [3.63, 3.8) is 0 Å². The van der Waals surface area contributed by atoms with Gasteiger partial charge in [0.05, 0.1) is 0 Å². The molecule has 0 aliphatic carbocycles. The van der Waals surface area contributed by atoms with Gasteiger partial charge in [-0.05, 0) is 0 Å². The highest BCUT2D eigenvalue weighted by Crippen LogP contribution is 2.39. The third-order valence-electron chi connectivity index (χ3n) is 2.66. The predicted octanol–water partition coefficient (Wildman–Crippen LogP) is 1.43. The van der Waals surface area contributed by atoms with Gasteiger partial charge in [0.15, 0.2) is 0 Å². The maximum absolute atomic E-state index is 9.02. The maximum atomic E-state index is 9.02. The molecule has 0 aliphatic heterocycles. The molecule has 0 aromatic rings. The molecule has 0 spiro atoms. The van der Waals surface area contributed by atoms with Crippen LogP contribution in [0.4, 0.5) is 0 Å². The summed E-state index contributed by atoms with van der Waals surface area (Å²) in [4.78, 5) is 0. The zero-order valence-corrected chi connectivity index (χ0v) is 7.09. The van der Waals surface area contributed by atoms with Crippen LogP contribution in [0.15, 0.2) is 0 Å². The standard InChI is InChI=1S/C7H17BO2/c1-4-7(5-2,6-3)8(9)10/h9-10H,4-6H2,1-3H3. The summed E-state index contributed by atoms with van der Waals surface area (Å²) in [6.45, 7) is 5.98. The minimum atomic E-state index is -1.16. The molecule has 0 atom stereocenters. The number of hydrogen-bond acceptors (Lipinski definition) is 2. The monoisotopic (exact) mass is 144 g/mol. The van der Waals surface area contributed by atoms with Crippen LogP contribution in [-0.2, 0) is 0 Å². The maximum Gasteiger partial charge on any atom is 0.458 e. The van der Waals surface area contributed by atoms with E-state index < -0.39 is 7.12 Å². The summed E-state index contributed by atoms with van der Waals surface area (Å²) in [7, 11) is -1.16. The molecule has 0 bridgehead atoms. The summed E-state index contributed by atoms with van der Waals surface area (Å²) >= 11 is 0. The molecule has 3 heteroatoms. The van der Waals surface area contributed by atoms with Gasteiger partial charge in [0.1, 0.15) is 0 Å². The molecule has 60 valence electrons. The molecule has 0 fully saturated rings. The van der Waals surface area contributed by atoms with E-state index in [9.17, 15) is 0 Å². The van der Waals surface area contributed by atoms with E-state index in [4.69, 9.17) is 10.0 Å². The third-order valence-corrected chi connectivity index (χ3v) is 2.66. The van der Waals surface area contributed by atoms with E-state index in [0.717, 1.165) is 19.3 Å². The smallest absolute Gasteiger partial charge is 0.427 e. The Hall–Kier alpha value is -0.0151. The molecule has 0 saturated carbocycles. The summed E-state index contributed by atoms with van der Waals surface area (Å²) < 4.78 is 0. The lowest BCUT2D eigenvalue weighted by atomic mass is 9.53. The van der Waals surface area contributed by atoms with Crippen molar-refractivity contribution in [1.82, 2.24) is 0 Å². The molecule has 0 unspecified atom stereocenters. The summed E-state index contributed by atoms with van der Waals surface area (Å²) in [6, 6.07) is 0. The van der Waals surface area contributed by atoms with Gasteiger partial charge in [-0.15, -0.1) is 0 Å². The van der Waals surface area contributed by atoms with E-state index in [1.807, 2.05) is 20.8 Å². The predicted molar refractivity (Wildman–Crippen MR) is 43.8 cm³/mol. The van der Waals surface area contributed by atoms with Crippen LogP contribution in [0.3, 0.4) is 0 Å². The van der Waals surface area contributed by atoms with Gasteiger partial charge in [0.2, 0.25) is 0 Å². The molecule has 0 aliphatic rings. The molecule has 2 nitrogen and oxygen atoms in total. The van der Waals surface area contributed by atoms with Crippen molar-refractivity contribution >= 4 is 7.12 Å². The zero-order valence-electron chi connectivity index (χ0n) is 7.09. The second kappa shape index (κ2) is 3.99. The molecule has 0 aromatic heterocycles. The van der Waals surface area contributed by atoms with E-state index in [1.165, 1.54) is 0 Å². The minimum absolute atomic E-state index is 0.264. The van der Waals surface area contributed by atoms with Crippen LogP contribution in [0.25, 0.3) is 0 Å². The SMILES string of the molecule is CCC(CC)(CC)B(O)O. The molecular formula is C7H17BO2. The van der Waals surface area contributed by atoms with Gasteiger partial charge >= 0.3 is 7.12 Å². The first kappa shape index (κ1) is 9.98. The molecule has 2 N–H and O–H groups in total. The Labute approximate surface area is 63.4 Å². The highest BCUT2D eigenvalue weighted by molar-refractivity contribution is 6.45. The first-order chi connectivity index (χ1) is 4.63. The van der Waals surface area contributed by atoms with Crippen molar-refractivity contribution in [3.05, 3.63) is 0 Å². The molecule has 0 saturated heterocycles. The van der Waals surface area contributed by atoms with Gasteiger partial charge in [-0.3, -0.25) is 0 Å². The minimum Gasteiger partial charge on any atom is -0.427 e. The average Bonchev–Trinajstić information content (AvgIpc) is 1.92. The van der Waals surface area contributed by atoms with Gasteiger partial charge in [-0.1, -0.05) is 40.0 Å². The van der Waals surface area contributed by atoms with Gasteiger partial charge in [0.25, 0.3) is 0 Å². The summed E-state index contributed by atoms with van der Waals surface area (Å²) in [5, 5.41) is 17.8. The van der Waals surface area contributed by atoms with Crippen LogP contribution in [0, 0.1) is 0 Å². The lowest BCUT2D eigenvalue weighted by Gasteiger charge is -2.28. The van der Waals surface area contributed by atoms with Gasteiger partial charge in [0, 0.05) is 5.31 Å². The van der Waals surface area contributed by atoms with Crippen LogP contribution in [0.5, 0.6) is 0 Å². The van der Waals surface area contributed by atoms with Crippen molar-refractivity contribution in [2.24, 2.45) is 0 Å². The fourth-order valence-electron chi connectivity index (χ4n) is 1.30. The van der Waals surface area contributed by atoms with E-state index in [2.05, 4.69) is 0 Å². The van der Waals surface area contributed by atoms with Crippen molar-refractivity contribution in [2.45, 2.75) is 45.3 Å². The van der Waals surface area contributed by atoms with E-state index in [-0.39, 0.29) is 5.31 Å². The largest absolute Gasteiger partial charge is 0.458 e. The second-order valence-electron chi connectivity index (χ2n) is 2.80. The Kier molecular flexibility index (Phi) is 3.98. The quantitative estimate of drug-likeness (QED) is 0.586. The fraction of sp³-hybridized carbons (Fsp3) is 1.00. The van der Waals surface area contributed by atoms with Gasteiger partial charge in [-0.2, -0.15) is 0 Å². The lowest BCUT2D eigenvalue weighted by Crippen LogP contribution is -2.31. The lowest BCUT2D eigenvalue weighted by molar-refractivity contribution is 0.313. The van der Waals surface area contributed by atoms with Crippen molar-refractivity contribution in [3.8, 4) is 0 Å². The number of hydrogen-bond donors (Lipinski definition) is 2. The van der Waals surface area contributed by atoms with Crippen molar-refractivity contribution in [1.29, 1.82) is 0 Å². The van der Waals surface area contributed by atoms with Crippen LogP contribution >= 0.6 is 0 Å². The third kappa shape index (κ3) is 1.73. The Balaban J connectivity index is 4.15. The number of rotatable bonds is 4. The molecular weight excluding hydrogens is 127 g/mol. The molecule has 0 radical (unpaired) electrons. The van der Waals surface area contributed by atoms with E-state index >= 15 is 0 Å². The van der Waals surface area contributed by atoms with Gasteiger partial charge < -0.3 is 10.0 Å². The van der Waals surface area contributed by atoms with Crippen LogP contribution in [0.2, 0.25) is 5.31 Å². The van der Waals surface area contributed by atoms with Crippen LogP contribution < -0.4 is 0 Å². The molecule has 0 aromatic carbocycles. The fourth-order valence-corrected chi connectivity index (χ4v) is 1.30. The Morgan fingerprint density at radius 1 is 1.00 bits per heavy atom. The molecule has 0 heterocycles. The van der Waals surface area contributed by atoms with Crippen LogP contribution in [0.1, 0.15) is 40.0 Å². The Morgan fingerprint density at radius 2 is 1.30 bits per heavy atom.